The molecule has 0 aliphatic carbocycles. The minimum absolute atomic E-state index is 0.0599. The number of nitrogens with one attached hydrogen (secondary N) is 1. The van der Waals surface area contributed by atoms with E-state index in [2.05, 4.69) is 32.5 Å². The summed E-state index contributed by atoms with van der Waals surface area (Å²) in [4.78, 5) is 34.1. The number of hydrogen-bond acceptors (Lipinski definition) is 6. The molecule has 4 rings (SSSR count). The lowest BCUT2D eigenvalue weighted by molar-refractivity contribution is -0.130. The SMILES string of the molecule is CC(C)(C)c1noc(-c2ccccc2C(=O)NCC(=O)N2CCN(c3ccccc3)CC2)n1. The lowest BCUT2D eigenvalue weighted by Gasteiger charge is -2.36. The molecule has 2 aromatic carbocycles. The van der Waals surface area contributed by atoms with Crippen molar-refractivity contribution in [3.8, 4) is 11.5 Å². The molecule has 1 N–H and O–H groups in total. The Bertz CT molecular complexity index is 1110. The number of benzene rings is 2. The first kappa shape index (κ1) is 22.5. The highest BCUT2D eigenvalue weighted by atomic mass is 16.5. The molecule has 1 saturated heterocycles. The topological polar surface area (TPSA) is 91.6 Å². The number of anilines is 1. The largest absolute Gasteiger partial charge is 0.368 e. The number of aromatic nitrogens is 2. The summed E-state index contributed by atoms with van der Waals surface area (Å²) in [5.74, 6) is 0.408. The van der Waals surface area contributed by atoms with Crippen LogP contribution in [-0.2, 0) is 10.2 Å². The molecule has 0 bridgehead atoms. The summed E-state index contributed by atoms with van der Waals surface area (Å²) in [6.45, 7) is 8.69. The Morgan fingerprint density at radius 1 is 0.970 bits per heavy atom. The third-order valence-corrected chi connectivity index (χ3v) is 5.65. The molecular weight excluding hydrogens is 418 g/mol. The molecule has 0 saturated carbocycles. The van der Waals surface area contributed by atoms with Crippen molar-refractivity contribution in [2.45, 2.75) is 26.2 Å². The molecule has 1 fully saturated rings. The number of carbonyl (C=O) groups is 2. The van der Waals surface area contributed by atoms with Crippen molar-refractivity contribution in [3.05, 3.63) is 66.0 Å². The highest BCUT2D eigenvalue weighted by Crippen LogP contribution is 2.26. The minimum atomic E-state index is -0.350. The number of nitrogens with zero attached hydrogens (tertiary/aromatic N) is 4. The smallest absolute Gasteiger partial charge is 0.258 e. The highest BCUT2D eigenvalue weighted by Gasteiger charge is 2.25. The Kier molecular flexibility index (Phi) is 6.44. The Morgan fingerprint density at radius 3 is 2.30 bits per heavy atom. The lowest BCUT2D eigenvalue weighted by atomic mass is 9.96. The van der Waals surface area contributed by atoms with Crippen LogP contribution in [0.15, 0.2) is 59.1 Å². The lowest BCUT2D eigenvalue weighted by Crippen LogP contribution is -2.51. The van der Waals surface area contributed by atoms with Crippen LogP contribution >= 0.6 is 0 Å². The van der Waals surface area contributed by atoms with Gasteiger partial charge in [0.1, 0.15) is 0 Å². The zero-order valence-corrected chi connectivity index (χ0v) is 19.2. The van der Waals surface area contributed by atoms with Crippen molar-refractivity contribution < 1.29 is 14.1 Å². The van der Waals surface area contributed by atoms with Crippen molar-refractivity contribution in [2.75, 3.05) is 37.6 Å². The van der Waals surface area contributed by atoms with Gasteiger partial charge in [-0.3, -0.25) is 9.59 Å². The van der Waals surface area contributed by atoms with Gasteiger partial charge in [0.2, 0.25) is 5.91 Å². The molecule has 1 aliphatic heterocycles. The fraction of sp³-hybridized carbons (Fsp3) is 0.360. The second kappa shape index (κ2) is 9.44. The number of hydrogen-bond donors (Lipinski definition) is 1. The maximum atomic E-state index is 12.9. The average molecular weight is 448 g/mol. The van der Waals surface area contributed by atoms with Crippen molar-refractivity contribution >= 4 is 17.5 Å². The van der Waals surface area contributed by atoms with E-state index in [9.17, 15) is 9.59 Å². The van der Waals surface area contributed by atoms with Crippen LogP contribution in [0.2, 0.25) is 0 Å². The molecule has 0 radical (unpaired) electrons. The van der Waals surface area contributed by atoms with E-state index in [1.165, 1.54) is 0 Å². The van der Waals surface area contributed by atoms with Gasteiger partial charge in [-0.05, 0) is 24.3 Å². The Morgan fingerprint density at radius 2 is 1.64 bits per heavy atom. The summed E-state index contributed by atoms with van der Waals surface area (Å²) in [6, 6.07) is 17.2. The van der Waals surface area contributed by atoms with Crippen LogP contribution in [0.5, 0.6) is 0 Å². The fourth-order valence-corrected chi connectivity index (χ4v) is 3.72. The summed E-state index contributed by atoms with van der Waals surface area (Å²) < 4.78 is 5.41. The molecule has 8 nitrogen and oxygen atoms in total. The number of rotatable bonds is 5. The van der Waals surface area contributed by atoms with Crippen LogP contribution in [-0.4, -0.2) is 59.6 Å². The van der Waals surface area contributed by atoms with Gasteiger partial charge in [0.05, 0.1) is 17.7 Å². The molecule has 0 unspecified atom stereocenters. The molecule has 2 heterocycles. The van der Waals surface area contributed by atoms with Crippen LogP contribution in [0.3, 0.4) is 0 Å². The summed E-state index contributed by atoms with van der Waals surface area (Å²) in [6.07, 6.45) is 0. The van der Waals surface area contributed by atoms with Crippen molar-refractivity contribution in [3.63, 3.8) is 0 Å². The normalized spacial score (nSPS) is 14.3. The third kappa shape index (κ3) is 5.22. The van der Waals surface area contributed by atoms with E-state index in [0.717, 1.165) is 18.8 Å². The van der Waals surface area contributed by atoms with E-state index in [1.807, 2.05) is 45.0 Å². The van der Waals surface area contributed by atoms with Gasteiger partial charge in [-0.2, -0.15) is 4.98 Å². The maximum absolute atomic E-state index is 12.9. The van der Waals surface area contributed by atoms with Crippen molar-refractivity contribution in [1.82, 2.24) is 20.4 Å². The first-order chi connectivity index (χ1) is 15.8. The van der Waals surface area contributed by atoms with E-state index < -0.39 is 0 Å². The maximum Gasteiger partial charge on any atom is 0.258 e. The van der Waals surface area contributed by atoms with E-state index in [4.69, 9.17) is 4.52 Å². The van der Waals surface area contributed by atoms with Gasteiger partial charge in [0.25, 0.3) is 11.8 Å². The summed E-state index contributed by atoms with van der Waals surface area (Å²) in [7, 11) is 0. The summed E-state index contributed by atoms with van der Waals surface area (Å²) in [5, 5.41) is 6.80. The molecule has 1 aromatic heterocycles. The van der Waals surface area contributed by atoms with Crippen molar-refractivity contribution in [2.24, 2.45) is 0 Å². The van der Waals surface area contributed by atoms with E-state index >= 15 is 0 Å². The molecule has 8 heteroatoms. The molecule has 0 spiro atoms. The monoisotopic (exact) mass is 447 g/mol. The van der Waals surface area contributed by atoms with Gasteiger partial charge in [0, 0.05) is 37.3 Å². The predicted octanol–water partition coefficient (Wildman–Crippen LogP) is 3.11. The van der Waals surface area contributed by atoms with Gasteiger partial charge >= 0.3 is 0 Å². The number of piperazine rings is 1. The van der Waals surface area contributed by atoms with Crippen LogP contribution in [0, 0.1) is 0 Å². The van der Waals surface area contributed by atoms with Gasteiger partial charge in [-0.15, -0.1) is 0 Å². The van der Waals surface area contributed by atoms with Crippen LogP contribution in [0.25, 0.3) is 11.5 Å². The second-order valence-corrected chi connectivity index (χ2v) is 9.10. The number of amides is 2. The minimum Gasteiger partial charge on any atom is -0.368 e. The predicted molar refractivity (Wildman–Crippen MR) is 126 cm³/mol. The molecule has 2 amide bonds. The highest BCUT2D eigenvalue weighted by molar-refractivity contribution is 6.01. The molecule has 33 heavy (non-hydrogen) atoms. The summed E-state index contributed by atoms with van der Waals surface area (Å²) in [5.41, 5.74) is 1.82. The standard InChI is InChI=1S/C25H29N5O3/c1-25(2,3)24-27-23(33-28-24)20-12-8-7-11-19(20)22(32)26-17-21(31)30-15-13-29(14-16-30)18-9-5-4-6-10-18/h4-12H,13-17H2,1-3H3,(H,26,32). The van der Waals surface area contributed by atoms with Crippen LogP contribution < -0.4 is 10.2 Å². The van der Waals surface area contributed by atoms with Crippen LogP contribution in [0.1, 0.15) is 37.0 Å². The molecule has 0 atom stereocenters. The Labute approximate surface area is 193 Å². The van der Waals surface area contributed by atoms with Crippen LogP contribution in [0.4, 0.5) is 5.69 Å². The first-order valence-electron chi connectivity index (χ1n) is 11.1. The summed E-state index contributed by atoms with van der Waals surface area (Å²) >= 11 is 0. The van der Waals surface area contributed by atoms with Gasteiger partial charge in [-0.1, -0.05) is 56.3 Å². The molecule has 3 aromatic rings. The third-order valence-electron chi connectivity index (χ3n) is 5.65. The average Bonchev–Trinajstić information content (AvgIpc) is 3.34. The Balaban J connectivity index is 1.36. The second-order valence-electron chi connectivity index (χ2n) is 9.10. The van der Waals surface area contributed by atoms with Gasteiger partial charge in [0.15, 0.2) is 5.82 Å². The van der Waals surface area contributed by atoms with Crippen molar-refractivity contribution in [1.29, 1.82) is 0 Å². The quantitative estimate of drug-likeness (QED) is 0.646. The fourth-order valence-electron chi connectivity index (χ4n) is 3.72. The number of carbonyl (C=O) groups excluding carboxylic acids is 2. The van der Waals surface area contributed by atoms with E-state index in [1.54, 1.807) is 23.1 Å². The molecule has 172 valence electrons. The Hall–Kier alpha value is -3.68. The van der Waals surface area contributed by atoms with E-state index in [0.29, 0.717) is 30.0 Å². The number of para-hydroxylation sites is 1. The zero-order chi connectivity index (χ0) is 23.4. The van der Waals surface area contributed by atoms with Gasteiger partial charge < -0.3 is 19.6 Å². The first-order valence-corrected chi connectivity index (χ1v) is 11.1. The molecular formula is C25H29N5O3. The zero-order valence-electron chi connectivity index (χ0n) is 19.2. The van der Waals surface area contributed by atoms with Gasteiger partial charge in [-0.25, -0.2) is 0 Å². The molecule has 1 aliphatic rings. The van der Waals surface area contributed by atoms with E-state index in [-0.39, 0.29) is 29.7 Å².